The second-order valence-electron chi connectivity index (χ2n) is 7.53. The van der Waals surface area contributed by atoms with Crippen molar-refractivity contribution >= 4 is 17.8 Å². The quantitative estimate of drug-likeness (QED) is 0.559. The molecule has 7 heteroatoms. The lowest BCUT2D eigenvalue weighted by molar-refractivity contribution is -0.140. The summed E-state index contributed by atoms with van der Waals surface area (Å²) in [6.07, 6.45) is 0.540. The van der Waals surface area contributed by atoms with Crippen LogP contribution < -0.4 is 16.4 Å². The monoisotopic (exact) mass is 313 g/mol. The number of nitrogens with two attached hydrogens (primary N) is 1. The molecule has 2 atom stereocenters. The van der Waals surface area contributed by atoms with Gasteiger partial charge in [0.25, 0.3) is 0 Å². The van der Waals surface area contributed by atoms with E-state index >= 15 is 0 Å². The van der Waals surface area contributed by atoms with Gasteiger partial charge in [-0.05, 0) is 24.2 Å². The van der Waals surface area contributed by atoms with Crippen LogP contribution in [0.5, 0.6) is 0 Å². The molecule has 0 bridgehead atoms. The van der Waals surface area contributed by atoms with Crippen LogP contribution >= 0.6 is 0 Å². The number of carboxylic acid groups (broad SMARTS) is 1. The first-order valence-electron chi connectivity index (χ1n) is 7.45. The summed E-state index contributed by atoms with van der Waals surface area (Å²) in [7, 11) is 0. The Hall–Kier alpha value is -1.63. The van der Waals surface area contributed by atoms with Gasteiger partial charge in [-0.2, -0.15) is 0 Å². The molecule has 0 aliphatic heterocycles. The molecule has 1 saturated carbocycles. The molecule has 126 valence electrons. The minimum atomic E-state index is -1.16. The highest BCUT2D eigenvalue weighted by Crippen LogP contribution is 2.53. The maximum absolute atomic E-state index is 12.2. The molecule has 7 nitrogen and oxygen atoms in total. The lowest BCUT2D eigenvalue weighted by Gasteiger charge is -2.58. The van der Waals surface area contributed by atoms with Crippen molar-refractivity contribution in [3.8, 4) is 0 Å². The van der Waals surface area contributed by atoms with Gasteiger partial charge >= 0.3 is 5.97 Å². The maximum atomic E-state index is 12.2. The molecule has 0 radical (unpaired) electrons. The number of amides is 2. The minimum absolute atomic E-state index is 0.0165. The molecule has 1 fully saturated rings. The SMILES string of the molecule is CC(NC(=O)C(N)CC(=O)O)C(=O)NC1C(C)(C)CC1(C)C. The van der Waals surface area contributed by atoms with E-state index in [1.165, 1.54) is 0 Å². The molecule has 0 aromatic heterocycles. The first kappa shape index (κ1) is 18.4. The van der Waals surface area contributed by atoms with Crippen LogP contribution in [0.15, 0.2) is 0 Å². The Bertz CT molecular complexity index is 459. The molecule has 0 aromatic rings. The summed E-state index contributed by atoms with van der Waals surface area (Å²) in [6.45, 7) is 9.92. The van der Waals surface area contributed by atoms with Crippen molar-refractivity contribution in [2.45, 2.75) is 65.6 Å². The lowest BCUT2D eigenvalue weighted by atomic mass is 9.52. The van der Waals surface area contributed by atoms with Crippen LogP contribution in [0.1, 0.15) is 47.5 Å². The van der Waals surface area contributed by atoms with E-state index in [1.807, 2.05) is 0 Å². The standard InChI is InChI=1S/C15H27N3O4/c1-8(17-12(22)9(16)6-10(19)20)11(21)18-13-14(2,3)7-15(13,4)5/h8-9,13H,6-7,16H2,1-5H3,(H,17,22)(H,18,21)(H,19,20). The van der Waals surface area contributed by atoms with E-state index in [0.29, 0.717) is 0 Å². The summed E-state index contributed by atoms with van der Waals surface area (Å²) in [5, 5.41) is 14.0. The summed E-state index contributed by atoms with van der Waals surface area (Å²) >= 11 is 0. The Morgan fingerprint density at radius 2 is 1.68 bits per heavy atom. The Morgan fingerprint density at radius 3 is 2.09 bits per heavy atom. The van der Waals surface area contributed by atoms with Crippen LogP contribution in [0, 0.1) is 10.8 Å². The summed E-state index contributed by atoms with van der Waals surface area (Å²) in [5.41, 5.74) is 5.50. The molecule has 0 aromatic carbocycles. The van der Waals surface area contributed by atoms with Crippen molar-refractivity contribution in [3.63, 3.8) is 0 Å². The molecular formula is C15H27N3O4. The van der Waals surface area contributed by atoms with Crippen molar-refractivity contribution in [1.29, 1.82) is 0 Å². The van der Waals surface area contributed by atoms with Gasteiger partial charge in [-0.15, -0.1) is 0 Å². The van der Waals surface area contributed by atoms with Crippen LogP contribution in [0.3, 0.4) is 0 Å². The number of hydrogen-bond donors (Lipinski definition) is 4. The van der Waals surface area contributed by atoms with E-state index in [0.717, 1.165) is 6.42 Å². The zero-order valence-electron chi connectivity index (χ0n) is 13.9. The molecule has 1 aliphatic rings. The van der Waals surface area contributed by atoms with Crippen LogP contribution in [0.4, 0.5) is 0 Å². The van der Waals surface area contributed by atoms with Gasteiger partial charge in [-0.1, -0.05) is 27.7 Å². The van der Waals surface area contributed by atoms with Crippen LogP contribution in [0.2, 0.25) is 0 Å². The molecule has 1 aliphatic carbocycles. The van der Waals surface area contributed by atoms with E-state index in [2.05, 4.69) is 38.3 Å². The third kappa shape index (κ3) is 4.19. The number of carboxylic acids is 1. The zero-order chi connectivity index (χ0) is 17.3. The van der Waals surface area contributed by atoms with Gasteiger partial charge in [0.2, 0.25) is 11.8 Å². The fraction of sp³-hybridized carbons (Fsp3) is 0.800. The predicted octanol–water partition coefficient (Wildman–Crippen LogP) is 0.234. The van der Waals surface area contributed by atoms with Crippen LogP contribution in [0.25, 0.3) is 0 Å². The number of carbonyl (C=O) groups excluding carboxylic acids is 2. The van der Waals surface area contributed by atoms with E-state index < -0.39 is 30.4 Å². The average molecular weight is 313 g/mol. The molecule has 1 rings (SSSR count). The van der Waals surface area contributed by atoms with Crippen LogP contribution in [-0.4, -0.2) is 41.0 Å². The van der Waals surface area contributed by atoms with Gasteiger partial charge in [0, 0.05) is 6.04 Å². The average Bonchev–Trinajstić information content (AvgIpc) is 2.32. The first-order chi connectivity index (χ1) is 9.86. The second kappa shape index (κ2) is 6.24. The number of aliphatic carboxylic acids is 1. The predicted molar refractivity (Wildman–Crippen MR) is 81.9 cm³/mol. The van der Waals surface area contributed by atoms with E-state index in [1.54, 1.807) is 6.92 Å². The minimum Gasteiger partial charge on any atom is -0.481 e. The summed E-state index contributed by atoms with van der Waals surface area (Å²) in [4.78, 5) is 34.5. The molecule has 22 heavy (non-hydrogen) atoms. The third-order valence-electron chi connectivity index (χ3n) is 4.24. The fourth-order valence-electron chi connectivity index (χ4n) is 3.63. The molecule has 2 unspecified atom stereocenters. The first-order valence-corrected chi connectivity index (χ1v) is 7.45. The van der Waals surface area contributed by atoms with E-state index in [-0.39, 0.29) is 22.8 Å². The number of carbonyl (C=O) groups is 3. The van der Waals surface area contributed by atoms with Gasteiger partial charge in [0.05, 0.1) is 12.5 Å². The number of rotatable bonds is 6. The van der Waals surface area contributed by atoms with Gasteiger partial charge in [-0.3, -0.25) is 14.4 Å². The summed E-state index contributed by atoms with van der Waals surface area (Å²) < 4.78 is 0. The highest BCUT2D eigenvalue weighted by molar-refractivity contribution is 5.91. The Kier molecular flexibility index (Phi) is 5.22. The van der Waals surface area contributed by atoms with Crippen LogP contribution in [-0.2, 0) is 14.4 Å². The normalized spacial score (nSPS) is 22.1. The van der Waals surface area contributed by atoms with Crippen molar-refractivity contribution in [2.75, 3.05) is 0 Å². The van der Waals surface area contributed by atoms with Gasteiger partial charge in [-0.25, -0.2) is 0 Å². The van der Waals surface area contributed by atoms with Crippen molar-refractivity contribution < 1.29 is 19.5 Å². The maximum Gasteiger partial charge on any atom is 0.305 e. The van der Waals surface area contributed by atoms with Crippen molar-refractivity contribution in [3.05, 3.63) is 0 Å². The largest absolute Gasteiger partial charge is 0.481 e. The number of hydrogen-bond acceptors (Lipinski definition) is 4. The highest BCUT2D eigenvalue weighted by atomic mass is 16.4. The Morgan fingerprint density at radius 1 is 1.18 bits per heavy atom. The Balaban J connectivity index is 2.55. The molecule has 0 spiro atoms. The topological polar surface area (TPSA) is 122 Å². The highest BCUT2D eigenvalue weighted by Gasteiger charge is 2.53. The molecular weight excluding hydrogens is 286 g/mol. The summed E-state index contributed by atoms with van der Waals surface area (Å²) in [6, 6.07) is -1.90. The van der Waals surface area contributed by atoms with E-state index in [4.69, 9.17) is 10.8 Å². The fourth-order valence-corrected chi connectivity index (χ4v) is 3.63. The molecule has 2 amide bonds. The second-order valence-corrected chi connectivity index (χ2v) is 7.53. The Labute approximate surface area is 131 Å². The zero-order valence-corrected chi connectivity index (χ0v) is 13.9. The number of nitrogens with one attached hydrogen (secondary N) is 2. The molecule has 0 heterocycles. The molecule has 5 N–H and O–H groups in total. The van der Waals surface area contributed by atoms with Gasteiger partial charge in [0.1, 0.15) is 6.04 Å². The van der Waals surface area contributed by atoms with Gasteiger partial charge in [0.15, 0.2) is 0 Å². The molecule has 0 saturated heterocycles. The smallest absolute Gasteiger partial charge is 0.305 e. The summed E-state index contributed by atoms with van der Waals surface area (Å²) in [5.74, 6) is -2.09. The van der Waals surface area contributed by atoms with E-state index in [9.17, 15) is 14.4 Å². The lowest BCUT2D eigenvalue weighted by Crippen LogP contribution is -2.65. The third-order valence-corrected chi connectivity index (χ3v) is 4.24. The van der Waals surface area contributed by atoms with Crippen molar-refractivity contribution in [1.82, 2.24) is 10.6 Å². The van der Waals surface area contributed by atoms with Crippen molar-refractivity contribution in [2.24, 2.45) is 16.6 Å². The van der Waals surface area contributed by atoms with Gasteiger partial charge < -0.3 is 21.5 Å².